The Kier molecular flexibility index (Phi) is 5.59. The van der Waals surface area contributed by atoms with Gasteiger partial charge >= 0.3 is 6.18 Å². The molecule has 1 saturated heterocycles. The average Bonchev–Trinajstić information content (AvgIpc) is 2.70. The summed E-state index contributed by atoms with van der Waals surface area (Å²) in [5, 5.41) is 5.65. The lowest BCUT2D eigenvalue weighted by Crippen LogP contribution is -2.40. The summed E-state index contributed by atoms with van der Waals surface area (Å²) in [6, 6.07) is 4.77. The van der Waals surface area contributed by atoms with Crippen LogP contribution >= 0.6 is 0 Å². The predicted octanol–water partition coefficient (Wildman–Crippen LogP) is 4.01. The van der Waals surface area contributed by atoms with Crippen molar-refractivity contribution in [3.05, 3.63) is 47.9 Å². The molecule has 13 heteroatoms. The van der Waals surface area contributed by atoms with Gasteiger partial charge in [0.15, 0.2) is 5.82 Å². The first-order valence-electron chi connectivity index (χ1n) is 9.33. The maximum absolute atomic E-state index is 13.7. The zero-order valence-corrected chi connectivity index (χ0v) is 16.5. The molecular weight excluding hydrogens is 437 g/mol. The van der Waals surface area contributed by atoms with Crippen molar-refractivity contribution in [1.82, 2.24) is 24.9 Å². The molecule has 2 N–H and O–H groups in total. The quantitative estimate of drug-likeness (QED) is 0.541. The van der Waals surface area contributed by atoms with Gasteiger partial charge in [-0.15, -0.1) is 0 Å². The predicted molar refractivity (Wildman–Crippen MR) is 103 cm³/mol. The van der Waals surface area contributed by atoms with Gasteiger partial charge < -0.3 is 15.4 Å². The molecule has 168 valence electrons. The lowest BCUT2D eigenvalue weighted by Gasteiger charge is -2.26. The number of nitrogens with zero attached hydrogens (tertiary/aromatic N) is 5. The molecule has 8 nitrogen and oxygen atoms in total. The number of halogens is 5. The lowest BCUT2D eigenvalue weighted by molar-refractivity contribution is -0.137. The van der Waals surface area contributed by atoms with Crippen molar-refractivity contribution in [3.8, 4) is 11.5 Å². The van der Waals surface area contributed by atoms with Crippen LogP contribution in [0.25, 0.3) is 11.5 Å². The second-order valence-electron chi connectivity index (χ2n) is 7.07. The molecule has 0 saturated carbocycles. The van der Waals surface area contributed by atoms with Crippen molar-refractivity contribution < 1.29 is 26.7 Å². The van der Waals surface area contributed by atoms with E-state index in [1.54, 1.807) is 0 Å². The van der Waals surface area contributed by atoms with Crippen LogP contribution in [-0.4, -0.2) is 44.2 Å². The Balaban J connectivity index is 1.70. The molecule has 3 aromatic rings. The number of anilines is 3. The van der Waals surface area contributed by atoms with Crippen molar-refractivity contribution in [2.75, 3.05) is 23.8 Å². The van der Waals surface area contributed by atoms with Crippen molar-refractivity contribution in [2.45, 2.75) is 25.1 Å². The second kappa shape index (κ2) is 8.22. The van der Waals surface area contributed by atoms with Gasteiger partial charge in [-0.1, -0.05) is 6.07 Å². The summed E-state index contributed by atoms with van der Waals surface area (Å²) < 4.78 is 71.4. The van der Waals surface area contributed by atoms with E-state index < -0.39 is 23.4 Å². The highest BCUT2D eigenvalue weighted by atomic mass is 19.4. The smallest absolute Gasteiger partial charge is 0.377 e. The summed E-state index contributed by atoms with van der Waals surface area (Å²) in [6.45, 7) is 1.54. The van der Waals surface area contributed by atoms with Crippen LogP contribution in [0.5, 0.6) is 0 Å². The molecule has 4 rings (SSSR count). The minimum atomic E-state index is -4.58. The highest BCUT2D eigenvalue weighted by Crippen LogP contribution is 2.31. The molecule has 0 radical (unpaired) electrons. The normalized spacial score (nSPS) is 14.7. The molecule has 1 aliphatic heterocycles. The van der Waals surface area contributed by atoms with Crippen LogP contribution in [0.2, 0.25) is 0 Å². The number of pyridine rings is 2. The summed E-state index contributed by atoms with van der Waals surface area (Å²) in [6.07, 6.45) is -2.72. The highest BCUT2D eigenvalue weighted by molar-refractivity contribution is 5.59. The van der Waals surface area contributed by atoms with E-state index >= 15 is 0 Å². The minimum Gasteiger partial charge on any atom is -0.377 e. The van der Waals surface area contributed by atoms with E-state index in [0.29, 0.717) is 26.3 Å². The Morgan fingerprint density at radius 3 is 2.38 bits per heavy atom. The Labute approximate surface area is 178 Å². The van der Waals surface area contributed by atoms with Gasteiger partial charge in [0.05, 0.1) is 36.7 Å². The molecule has 3 aromatic heterocycles. The van der Waals surface area contributed by atoms with Gasteiger partial charge in [0.1, 0.15) is 11.4 Å². The number of hydrogen-bond donors (Lipinski definition) is 2. The van der Waals surface area contributed by atoms with Crippen molar-refractivity contribution in [2.24, 2.45) is 0 Å². The van der Waals surface area contributed by atoms with Gasteiger partial charge in [-0.2, -0.15) is 36.9 Å². The maximum Gasteiger partial charge on any atom is 0.417 e. The zero-order chi connectivity index (χ0) is 22.9. The molecule has 4 heterocycles. The van der Waals surface area contributed by atoms with Crippen molar-refractivity contribution in [1.29, 1.82) is 0 Å². The molecule has 0 amide bonds. The number of nitrogens with one attached hydrogen (secondary N) is 2. The van der Waals surface area contributed by atoms with E-state index in [9.17, 15) is 22.0 Å². The Morgan fingerprint density at radius 2 is 1.72 bits per heavy atom. The summed E-state index contributed by atoms with van der Waals surface area (Å²) in [5.74, 6) is -3.26. The first-order valence-corrected chi connectivity index (χ1v) is 9.33. The molecule has 0 bridgehead atoms. The third-order valence-corrected chi connectivity index (χ3v) is 4.36. The molecule has 0 spiro atoms. The number of hydrogen-bond acceptors (Lipinski definition) is 8. The van der Waals surface area contributed by atoms with E-state index in [2.05, 4.69) is 35.6 Å². The average molecular weight is 453 g/mol. The molecule has 0 unspecified atom stereocenters. The topological polar surface area (TPSA) is 97.7 Å². The largest absolute Gasteiger partial charge is 0.417 e. The first-order chi connectivity index (χ1) is 15.1. The first kappa shape index (κ1) is 21.7. The lowest BCUT2D eigenvalue weighted by atomic mass is 10.2. The molecule has 0 aromatic carbocycles. The van der Waals surface area contributed by atoms with Crippen LogP contribution in [0, 0.1) is 0 Å². The van der Waals surface area contributed by atoms with Crippen LogP contribution in [0.3, 0.4) is 0 Å². The standard InChI is InChI=1S/C19H16F5N7O/c1-18(20,21)14-4-2-3-13(28-14)15-29-16(31-17(30-15)27-12-8-32-9-12)26-11-5-10(6-25-7-11)19(22,23)24/h2-7,12H,8-9H2,1H3,(H2,26,27,29,30,31). The van der Waals surface area contributed by atoms with Crippen LogP contribution < -0.4 is 10.6 Å². The molecular formula is C19H16F5N7O. The van der Waals surface area contributed by atoms with Crippen LogP contribution in [-0.2, 0) is 16.8 Å². The van der Waals surface area contributed by atoms with Crippen LogP contribution in [0.15, 0.2) is 36.7 Å². The van der Waals surface area contributed by atoms with Gasteiger partial charge in [0.25, 0.3) is 5.92 Å². The highest BCUT2D eigenvalue weighted by Gasteiger charge is 2.31. The number of aromatic nitrogens is 5. The maximum atomic E-state index is 13.7. The summed E-state index contributed by atoms with van der Waals surface area (Å²) in [5.41, 5.74) is -1.41. The van der Waals surface area contributed by atoms with Gasteiger partial charge in [-0.05, 0) is 18.2 Å². The molecule has 0 atom stereocenters. The SMILES string of the molecule is CC(F)(F)c1cccc(-c2nc(Nc3cncc(C(F)(F)F)c3)nc(NC3COC3)n2)n1. The third kappa shape index (κ3) is 5.04. The van der Waals surface area contributed by atoms with Crippen molar-refractivity contribution in [3.63, 3.8) is 0 Å². The fraction of sp³-hybridized carbons (Fsp3) is 0.316. The fourth-order valence-corrected chi connectivity index (χ4v) is 2.71. The second-order valence-corrected chi connectivity index (χ2v) is 7.07. The van der Waals surface area contributed by atoms with Crippen LogP contribution in [0.1, 0.15) is 18.2 Å². The summed E-state index contributed by atoms with van der Waals surface area (Å²) in [7, 11) is 0. The third-order valence-electron chi connectivity index (χ3n) is 4.36. The molecule has 1 aliphatic rings. The monoisotopic (exact) mass is 453 g/mol. The van der Waals surface area contributed by atoms with Gasteiger partial charge in [0.2, 0.25) is 11.9 Å². The Bertz CT molecular complexity index is 1120. The van der Waals surface area contributed by atoms with Gasteiger partial charge in [0, 0.05) is 13.1 Å². The number of ether oxygens (including phenoxy) is 1. The van der Waals surface area contributed by atoms with Gasteiger partial charge in [-0.25, -0.2) is 4.98 Å². The number of alkyl halides is 5. The minimum absolute atomic E-state index is 0.0169. The van der Waals surface area contributed by atoms with E-state index in [1.165, 1.54) is 24.4 Å². The Hall–Kier alpha value is -3.48. The molecule has 0 aliphatic carbocycles. The van der Waals surface area contributed by atoms with Crippen molar-refractivity contribution >= 4 is 17.6 Å². The molecule has 1 fully saturated rings. The molecule has 32 heavy (non-hydrogen) atoms. The van der Waals surface area contributed by atoms with Gasteiger partial charge in [-0.3, -0.25) is 4.98 Å². The fourth-order valence-electron chi connectivity index (χ4n) is 2.71. The Morgan fingerprint density at radius 1 is 0.969 bits per heavy atom. The summed E-state index contributed by atoms with van der Waals surface area (Å²) >= 11 is 0. The zero-order valence-electron chi connectivity index (χ0n) is 16.5. The van der Waals surface area contributed by atoms with Crippen LogP contribution in [0.4, 0.5) is 39.5 Å². The van der Waals surface area contributed by atoms with E-state index in [1.807, 2.05) is 0 Å². The van der Waals surface area contributed by atoms with E-state index in [4.69, 9.17) is 4.74 Å². The summed E-state index contributed by atoms with van der Waals surface area (Å²) in [4.78, 5) is 20.0. The number of rotatable bonds is 6. The van der Waals surface area contributed by atoms with E-state index in [0.717, 1.165) is 6.07 Å². The van der Waals surface area contributed by atoms with E-state index in [-0.39, 0.29) is 35.1 Å².